The number of rotatable bonds is 5. The summed E-state index contributed by atoms with van der Waals surface area (Å²) < 4.78 is 10.6. The Bertz CT molecular complexity index is 1110. The molecule has 3 rings (SSSR count). The zero-order valence-corrected chi connectivity index (χ0v) is 18.5. The number of fused-ring (bicyclic) bond motifs is 1. The van der Waals surface area contributed by atoms with E-state index in [9.17, 15) is 19.5 Å². The van der Waals surface area contributed by atoms with Gasteiger partial charge in [0.2, 0.25) is 0 Å². The molecule has 0 saturated heterocycles. The first-order valence-electron chi connectivity index (χ1n) is 9.15. The van der Waals surface area contributed by atoms with E-state index in [-0.39, 0.29) is 17.9 Å². The summed E-state index contributed by atoms with van der Waals surface area (Å²) in [6, 6.07) is 9.37. The SMILES string of the molecule is COC(=O)C(C)(C)COc1ccc(Cl)cc1/C=C1\C(=O)N(C(=O)O)c2cc(Cl)ccc21. The van der Waals surface area contributed by atoms with Gasteiger partial charge in [-0.05, 0) is 50.3 Å². The molecule has 0 atom stereocenters. The number of imide groups is 1. The van der Waals surface area contributed by atoms with Crippen LogP contribution in [-0.4, -0.2) is 36.8 Å². The molecule has 1 N–H and O–H groups in total. The number of halogens is 2. The molecule has 2 aromatic rings. The molecule has 0 aromatic heterocycles. The van der Waals surface area contributed by atoms with Crippen LogP contribution in [0.25, 0.3) is 11.6 Å². The molecule has 1 aliphatic heterocycles. The Morgan fingerprint density at radius 3 is 2.42 bits per heavy atom. The number of hydrogen-bond acceptors (Lipinski definition) is 5. The summed E-state index contributed by atoms with van der Waals surface area (Å²) in [6.45, 7) is 3.37. The number of anilines is 1. The van der Waals surface area contributed by atoms with E-state index in [0.717, 1.165) is 0 Å². The van der Waals surface area contributed by atoms with Gasteiger partial charge in [-0.3, -0.25) is 9.59 Å². The van der Waals surface area contributed by atoms with E-state index in [1.54, 1.807) is 44.2 Å². The minimum Gasteiger partial charge on any atom is -0.492 e. The molecule has 2 aromatic carbocycles. The van der Waals surface area contributed by atoms with Gasteiger partial charge in [0.1, 0.15) is 12.4 Å². The van der Waals surface area contributed by atoms with Crippen LogP contribution >= 0.6 is 23.2 Å². The van der Waals surface area contributed by atoms with Crippen LogP contribution in [-0.2, 0) is 14.3 Å². The lowest BCUT2D eigenvalue weighted by Crippen LogP contribution is -2.32. The van der Waals surface area contributed by atoms with Crippen molar-refractivity contribution < 1.29 is 29.0 Å². The van der Waals surface area contributed by atoms with Crippen molar-refractivity contribution in [2.24, 2.45) is 5.41 Å². The molecule has 0 saturated carbocycles. The molecule has 1 aliphatic rings. The molecule has 0 unspecified atom stereocenters. The van der Waals surface area contributed by atoms with Gasteiger partial charge in [0, 0.05) is 21.2 Å². The zero-order chi connectivity index (χ0) is 22.9. The molecule has 0 spiro atoms. The van der Waals surface area contributed by atoms with Crippen molar-refractivity contribution in [3.63, 3.8) is 0 Å². The fourth-order valence-electron chi connectivity index (χ4n) is 3.10. The van der Waals surface area contributed by atoms with E-state index in [2.05, 4.69) is 0 Å². The number of benzene rings is 2. The van der Waals surface area contributed by atoms with Crippen molar-refractivity contribution in [1.82, 2.24) is 0 Å². The third-order valence-corrected chi connectivity index (χ3v) is 5.18. The number of carbonyl (C=O) groups is 3. The smallest absolute Gasteiger partial charge is 0.419 e. The molecule has 1 heterocycles. The first-order valence-corrected chi connectivity index (χ1v) is 9.90. The summed E-state index contributed by atoms with van der Waals surface area (Å²) in [6.07, 6.45) is 0.0870. The van der Waals surface area contributed by atoms with Crippen LogP contribution in [0.5, 0.6) is 5.75 Å². The number of amides is 2. The molecule has 9 heteroatoms. The maximum absolute atomic E-state index is 12.9. The first kappa shape index (κ1) is 22.7. The van der Waals surface area contributed by atoms with Crippen molar-refractivity contribution in [2.45, 2.75) is 13.8 Å². The van der Waals surface area contributed by atoms with Gasteiger partial charge in [0.15, 0.2) is 0 Å². The van der Waals surface area contributed by atoms with Crippen molar-refractivity contribution in [1.29, 1.82) is 0 Å². The number of esters is 1. The van der Waals surface area contributed by atoms with Crippen molar-refractivity contribution in [2.75, 3.05) is 18.6 Å². The lowest BCUT2D eigenvalue weighted by molar-refractivity contribution is -0.152. The van der Waals surface area contributed by atoms with E-state index in [4.69, 9.17) is 32.7 Å². The molecule has 0 radical (unpaired) electrons. The normalized spacial score (nSPS) is 14.5. The third-order valence-electron chi connectivity index (χ3n) is 4.71. The second-order valence-corrected chi connectivity index (χ2v) is 8.36. The summed E-state index contributed by atoms with van der Waals surface area (Å²) in [7, 11) is 1.30. The second kappa shape index (κ2) is 8.61. The van der Waals surface area contributed by atoms with E-state index in [1.807, 2.05) is 0 Å². The molecule has 0 aliphatic carbocycles. The van der Waals surface area contributed by atoms with Crippen molar-refractivity contribution >= 4 is 58.5 Å². The largest absolute Gasteiger partial charge is 0.492 e. The highest BCUT2D eigenvalue weighted by Gasteiger charge is 2.37. The molecule has 2 amide bonds. The summed E-state index contributed by atoms with van der Waals surface area (Å²) in [5.41, 5.74) is 0.272. The van der Waals surface area contributed by atoms with E-state index < -0.39 is 23.4 Å². The Morgan fingerprint density at radius 1 is 1.13 bits per heavy atom. The van der Waals surface area contributed by atoms with Crippen LogP contribution in [0, 0.1) is 5.41 Å². The van der Waals surface area contributed by atoms with Gasteiger partial charge in [-0.1, -0.05) is 29.3 Å². The van der Waals surface area contributed by atoms with Gasteiger partial charge in [0.05, 0.1) is 23.8 Å². The zero-order valence-electron chi connectivity index (χ0n) is 16.9. The molecule has 7 nitrogen and oxygen atoms in total. The van der Waals surface area contributed by atoms with Gasteiger partial charge in [-0.15, -0.1) is 0 Å². The maximum Gasteiger partial charge on any atom is 0.419 e. The van der Waals surface area contributed by atoms with Gasteiger partial charge in [-0.25, -0.2) is 9.69 Å². The topological polar surface area (TPSA) is 93.1 Å². The fraction of sp³-hybridized carbons (Fsp3) is 0.227. The van der Waals surface area contributed by atoms with Crippen molar-refractivity contribution in [3.8, 4) is 5.75 Å². The molecular formula is C22H19Cl2NO6. The van der Waals surface area contributed by atoms with E-state index >= 15 is 0 Å². The Hall–Kier alpha value is -3.03. The molecular weight excluding hydrogens is 445 g/mol. The standard InChI is InChI=1S/C22H19Cl2NO6/c1-22(2,20(27)30-3)11-31-18-7-5-13(23)8-12(18)9-16-15-6-4-14(24)10-17(15)25(19(16)26)21(28)29/h4-10H,11H2,1-3H3,(H,28,29)/b16-9-. The highest BCUT2D eigenvalue weighted by atomic mass is 35.5. The van der Waals surface area contributed by atoms with E-state index in [0.29, 0.717) is 31.8 Å². The summed E-state index contributed by atoms with van der Waals surface area (Å²) in [5.74, 6) is -0.785. The number of ether oxygens (including phenoxy) is 2. The molecule has 31 heavy (non-hydrogen) atoms. The minimum atomic E-state index is -1.42. The minimum absolute atomic E-state index is 0.0128. The predicted molar refractivity (Wildman–Crippen MR) is 118 cm³/mol. The van der Waals surface area contributed by atoms with Crippen LogP contribution in [0.15, 0.2) is 36.4 Å². The van der Waals surface area contributed by atoms with Crippen LogP contribution in [0.2, 0.25) is 10.0 Å². The van der Waals surface area contributed by atoms with Gasteiger partial charge >= 0.3 is 12.1 Å². The number of methoxy groups -OCH3 is 1. The monoisotopic (exact) mass is 463 g/mol. The highest BCUT2D eigenvalue weighted by molar-refractivity contribution is 6.42. The molecule has 162 valence electrons. The van der Waals surface area contributed by atoms with Crippen LogP contribution < -0.4 is 9.64 Å². The lowest BCUT2D eigenvalue weighted by atomic mass is 9.95. The number of nitrogens with zero attached hydrogens (tertiary/aromatic N) is 1. The summed E-state index contributed by atoms with van der Waals surface area (Å²) in [4.78, 5) is 37.1. The fourth-order valence-corrected chi connectivity index (χ4v) is 3.45. The Kier molecular flexibility index (Phi) is 6.29. The average Bonchev–Trinajstić information content (AvgIpc) is 2.97. The Morgan fingerprint density at radius 2 is 1.77 bits per heavy atom. The van der Waals surface area contributed by atoms with Gasteiger partial charge in [-0.2, -0.15) is 0 Å². The molecule has 0 fully saturated rings. The van der Waals surface area contributed by atoms with Gasteiger partial charge < -0.3 is 14.6 Å². The van der Waals surface area contributed by atoms with Crippen LogP contribution in [0.4, 0.5) is 10.5 Å². The highest BCUT2D eigenvalue weighted by Crippen LogP contribution is 2.40. The van der Waals surface area contributed by atoms with E-state index in [1.165, 1.54) is 19.3 Å². The average molecular weight is 464 g/mol. The van der Waals surface area contributed by atoms with Crippen LogP contribution in [0.1, 0.15) is 25.0 Å². The second-order valence-electron chi connectivity index (χ2n) is 7.49. The maximum atomic E-state index is 12.9. The number of carboxylic acid groups (broad SMARTS) is 1. The first-order chi connectivity index (χ1) is 14.5. The van der Waals surface area contributed by atoms with Crippen LogP contribution in [0.3, 0.4) is 0 Å². The molecule has 0 bridgehead atoms. The third kappa shape index (κ3) is 4.52. The Balaban J connectivity index is 2.04. The number of carbonyl (C=O) groups excluding carboxylic acids is 2. The lowest BCUT2D eigenvalue weighted by Gasteiger charge is -2.22. The quantitative estimate of drug-likeness (QED) is 0.487. The number of hydrogen-bond donors (Lipinski definition) is 1. The van der Waals surface area contributed by atoms with Crippen molar-refractivity contribution in [3.05, 3.63) is 57.6 Å². The summed E-state index contributed by atoms with van der Waals surface area (Å²) >= 11 is 12.1. The van der Waals surface area contributed by atoms with Gasteiger partial charge in [0.25, 0.3) is 5.91 Å². The Labute approximate surface area is 188 Å². The summed E-state index contributed by atoms with van der Waals surface area (Å²) in [5, 5.41) is 10.2. The predicted octanol–water partition coefficient (Wildman–Crippen LogP) is 5.14.